The number of carbonyl (C=O) groups excluding carboxylic acids is 2. The lowest BCUT2D eigenvalue weighted by Gasteiger charge is -2.56. The van der Waals surface area contributed by atoms with Crippen molar-refractivity contribution in [2.75, 3.05) is 49.6 Å². The van der Waals surface area contributed by atoms with E-state index in [0.29, 0.717) is 59.9 Å². The summed E-state index contributed by atoms with van der Waals surface area (Å²) in [5.41, 5.74) is 3.09. The van der Waals surface area contributed by atoms with Gasteiger partial charge in [-0.15, -0.1) is 0 Å². The maximum Gasteiger partial charge on any atom is 0.260 e. The van der Waals surface area contributed by atoms with E-state index < -0.39 is 11.6 Å². The summed E-state index contributed by atoms with van der Waals surface area (Å²) >= 11 is 0. The van der Waals surface area contributed by atoms with Gasteiger partial charge in [-0.05, 0) is 43.5 Å². The number of likely N-dealkylation sites (tertiary alicyclic amines) is 1. The van der Waals surface area contributed by atoms with E-state index in [0.717, 1.165) is 43.1 Å². The highest BCUT2D eigenvalue weighted by molar-refractivity contribution is 6.09. The number of anilines is 2. The van der Waals surface area contributed by atoms with Crippen LogP contribution in [-0.4, -0.2) is 81.5 Å². The normalized spacial score (nSPS) is 20.4. The third-order valence-corrected chi connectivity index (χ3v) is 8.76. The highest BCUT2D eigenvalue weighted by Gasteiger charge is 2.55. The van der Waals surface area contributed by atoms with Gasteiger partial charge in [-0.2, -0.15) is 10.1 Å². The van der Waals surface area contributed by atoms with Crippen molar-refractivity contribution in [3.05, 3.63) is 59.7 Å². The summed E-state index contributed by atoms with van der Waals surface area (Å²) < 4.78 is 26.6. The van der Waals surface area contributed by atoms with E-state index in [2.05, 4.69) is 25.5 Å². The molecule has 0 bridgehead atoms. The van der Waals surface area contributed by atoms with Gasteiger partial charge in [0.15, 0.2) is 5.67 Å². The molecule has 3 saturated heterocycles. The van der Waals surface area contributed by atoms with Crippen molar-refractivity contribution in [2.45, 2.75) is 31.4 Å². The fourth-order valence-corrected chi connectivity index (χ4v) is 5.87. The zero-order chi connectivity index (χ0) is 27.9. The Morgan fingerprint density at radius 1 is 1.12 bits per heavy atom. The van der Waals surface area contributed by atoms with Gasteiger partial charge in [0, 0.05) is 49.3 Å². The van der Waals surface area contributed by atoms with Crippen LogP contribution in [0.2, 0.25) is 0 Å². The zero-order valence-corrected chi connectivity index (χ0v) is 22.5. The molecule has 8 rings (SSSR count). The minimum absolute atomic E-state index is 0.114. The minimum atomic E-state index is -1.66. The largest absolute Gasteiger partial charge is 0.380 e. The molecule has 1 aliphatic carbocycles. The number of hydrogen-bond donors (Lipinski definition) is 1. The monoisotopic (exact) mass is 557 g/mol. The quantitative estimate of drug-likeness (QED) is 0.384. The Morgan fingerprint density at radius 3 is 2.66 bits per heavy atom. The number of benzene rings is 1. The van der Waals surface area contributed by atoms with Gasteiger partial charge in [0.05, 0.1) is 41.8 Å². The summed E-state index contributed by atoms with van der Waals surface area (Å²) in [4.78, 5) is 33.9. The number of nitrogens with zero attached hydrogens (tertiary/aromatic N) is 6. The molecule has 11 nitrogen and oxygen atoms in total. The van der Waals surface area contributed by atoms with Crippen molar-refractivity contribution in [3.63, 3.8) is 0 Å². The Bertz CT molecular complexity index is 1710. The summed E-state index contributed by atoms with van der Waals surface area (Å²) in [6.07, 6.45) is 4.06. The van der Waals surface area contributed by atoms with Crippen LogP contribution in [0.4, 0.5) is 15.8 Å². The summed E-state index contributed by atoms with van der Waals surface area (Å²) in [7, 11) is 0. The SMILES string of the molecule is Cc1ccc(-c2noc(C3CN(C(=O)C4(F)CC4)C3)n2)cc1NC(=O)c1cnn2ccc(N3CC4(COC4)C3)cc12. The second-order valence-electron chi connectivity index (χ2n) is 11.9. The Kier molecular flexibility index (Phi) is 5.13. The molecule has 4 aromatic rings. The summed E-state index contributed by atoms with van der Waals surface area (Å²) in [6.45, 7) is 6.20. The van der Waals surface area contributed by atoms with Crippen LogP contribution < -0.4 is 10.2 Å². The first kappa shape index (κ1) is 24.5. The van der Waals surface area contributed by atoms with Gasteiger partial charge in [-0.3, -0.25) is 9.59 Å². The second kappa shape index (κ2) is 8.59. The van der Waals surface area contributed by atoms with Crippen molar-refractivity contribution < 1.29 is 23.2 Å². The van der Waals surface area contributed by atoms with Crippen molar-refractivity contribution in [3.8, 4) is 11.4 Å². The molecular weight excluding hydrogens is 529 g/mol. The zero-order valence-electron chi connectivity index (χ0n) is 22.5. The molecule has 0 atom stereocenters. The van der Waals surface area contributed by atoms with Crippen molar-refractivity contribution in [1.29, 1.82) is 0 Å². The first-order valence-electron chi connectivity index (χ1n) is 13.8. The molecule has 0 unspecified atom stereocenters. The highest BCUT2D eigenvalue weighted by Crippen LogP contribution is 2.44. The fraction of sp³-hybridized carbons (Fsp3) is 0.414. The molecule has 4 aliphatic rings. The molecule has 3 aromatic heterocycles. The maximum absolute atomic E-state index is 14.1. The standard InChI is InChI=1S/C29H28FN7O4/c1-17-2-3-18(24-33-26(41-34-24)19-11-35(12-19)27(39)29(30)5-6-29)8-22(17)32-25(38)21-10-31-37-7-4-20(9-23(21)37)36-13-28(14-36)15-40-16-28/h2-4,7-10,19H,5-6,11-16H2,1H3,(H,32,38). The molecule has 1 aromatic carbocycles. The third kappa shape index (κ3) is 3.99. The Morgan fingerprint density at radius 2 is 1.93 bits per heavy atom. The van der Waals surface area contributed by atoms with Crippen LogP contribution in [-0.2, 0) is 9.53 Å². The van der Waals surface area contributed by atoms with E-state index >= 15 is 0 Å². The van der Waals surface area contributed by atoms with Gasteiger partial charge in [0.25, 0.3) is 11.8 Å². The molecular formula is C29H28FN7O4. The van der Waals surface area contributed by atoms with E-state index in [4.69, 9.17) is 9.26 Å². The van der Waals surface area contributed by atoms with Gasteiger partial charge in [0.2, 0.25) is 11.7 Å². The van der Waals surface area contributed by atoms with Crippen molar-refractivity contribution >= 4 is 28.7 Å². The molecule has 12 heteroatoms. The van der Waals surface area contributed by atoms with Crippen LogP contribution in [0, 0.1) is 12.3 Å². The molecule has 6 heterocycles. The van der Waals surface area contributed by atoms with Crippen LogP contribution in [0.15, 0.2) is 47.2 Å². The number of rotatable bonds is 6. The van der Waals surface area contributed by atoms with E-state index in [1.165, 1.54) is 4.90 Å². The maximum atomic E-state index is 14.1. The number of alkyl halides is 1. The molecule has 41 heavy (non-hydrogen) atoms. The van der Waals surface area contributed by atoms with Crippen molar-refractivity contribution in [1.82, 2.24) is 24.7 Å². The van der Waals surface area contributed by atoms with E-state index in [1.54, 1.807) is 10.7 Å². The Balaban J connectivity index is 0.974. The predicted octanol–water partition coefficient (Wildman–Crippen LogP) is 3.21. The molecule has 1 N–H and O–H groups in total. The molecule has 2 amide bonds. The Hall–Kier alpha value is -4.32. The van der Waals surface area contributed by atoms with Crippen LogP contribution in [0.1, 0.15) is 40.6 Å². The van der Waals surface area contributed by atoms with Crippen molar-refractivity contribution in [2.24, 2.45) is 5.41 Å². The van der Waals surface area contributed by atoms with Gasteiger partial charge in [-0.25, -0.2) is 8.91 Å². The van der Waals surface area contributed by atoms with E-state index in [9.17, 15) is 14.0 Å². The number of aromatic nitrogens is 4. The minimum Gasteiger partial charge on any atom is -0.380 e. The Labute approximate surface area is 234 Å². The topological polar surface area (TPSA) is 118 Å². The van der Waals surface area contributed by atoms with Gasteiger partial charge < -0.3 is 24.4 Å². The summed E-state index contributed by atoms with van der Waals surface area (Å²) in [6, 6.07) is 9.59. The average Bonchev–Trinajstić information content (AvgIpc) is 3.28. The van der Waals surface area contributed by atoms with Crippen LogP contribution in [0.25, 0.3) is 16.9 Å². The number of halogens is 1. The lowest BCUT2D eigenvalue weighted by Crippen LogP contribution is -2.66. The van der Waals surface area contributed by atoms with Crippen LogP contribution >= 0.6 is 0 Å². The molecule has 1 spiro atoms. The van der Waals surface area contributed by atoms with E-state index in [1.807, 2.05) is 43.5 Å². The molecule has 210 valence electrons. The smallest absolute Gasteiger partial charge is 0.260 e. The van der Waals surface area contributed by atoms with Crippen LogP contribution in [0.5, 0.6) is 0 Å². The van der Waals surface area contributed by atoms with E-state index in [-0.39, 0.29) is 11.8 Å². The van der Waals surface area contributed by atoms with Crippen LogP contribution in [0.3, 0.4) is 0 Å². The summed E-state index contributed by atoms with van der Waals surface area (Å²) in [5.74, 6) is -0.0171. The first-order valence-corrected chi connectivity index (χ1v) is 13.8. The lowest BCUT2D eigenvalue weighted by molar-refractivity contribution is -0.143. The number of carbonyl (C=O) groups is 2. The lowest BCUT2D eigenvalue weighted by atomic mass is 9.78. The predicted molar refractivity (Wildman–Crippen MR) is 145 cm³/mol. The first-order chi connectivity index (χ1) is 19.8. The second-order valence-corrected chi connectivity index (χ2v) is 11.9. The average molecular weight is 558 g/mol. The van der Waals surface area contributed by atoms with Gasteiger partial charge in [-0.1, -0.05) is 17.3 Å². The molecule has 3 aliphatic heterocycles. The highest BCUT2D eigenvalue weighted by atomic mass is 19.1. The summed E-state index contributed by atoms with van der Waals surface area (Å²) in [5, 5.41) is 11.5. The number of aryl methyl sites for hydroxylation is 1. The number of amides is 2. The third-order valence-electron chi connectivity index (χ3n) is 8.76. The molecule has 0 radical (unpaired) electrons. The van der Waals surface area contributed by atoms with Gasteiger partial charge >= 0.3 is 0 Å². The number of hydrogen-bond acceptors (Lipinski definition) is 8. The fourth-order valence-electron chi connectivity index (χ4n) is 5.87. The number of nitrogens with one attached hydrogen (secondary N) is 1. The molecule has 4 fully saturated rings. The van der Waals surface area contributed by atoms with Gasteiger partial charge in [0.1, 0.15) is 0 Å². The molecule has 1 saturated carbocycles. The number of fused-ring (bicyclic) bond motifs is 1. The number of ether oxygens (including phenoxy) is 1. The number of pyridine rings is 1.